The summed E-state index contributed by atoms with van der Waals surface area (Å²) in [5.41, 5.74) is 0.794. The van der Waals surface area contributed by atoms with Crippen LogP contribution in [-0.4, -0.2) is 28.6 Å². The SMILES string of the molecule is COCCn1ncc(Cl)c1C(O)C1C2C3CCC(C3)C21. The van der Waals surface area contributed by atoms with Crippen molar-refractivity contribution in [3.63, 3.8) is 0 Å². The number of ether oxygens (including phenoxy) is 1. The van der Waals surface area contributed by atoms with E-state index in [0.29, 0.717) is 24.1 Å². The first-order valence-electron chi connectivity index (χ1n) is 7.60. The molecule has 3 fully saturated rings. The van der Waals surface area contributed by atoms with Gasteiger partial charge in [-0.25, -0.2) is 0 Å². The second-order valence-corrected chi connectivity index (χ2v) is 7.01. The third-order valence-corrected chi connectivity index (χ3v) is 6.07. The molecular weight excluding hydrogens is 276 g/mol. The highest BCUT2D eigenvalue weighted by atomic mass is 35.5. The summed E-state index contributed by atoms with van der Waals surface area (Å²) in [5.74, 6) is 3.62. The molecule has 5 unspecified atom stereocenters. The van der Waals surface area contributed by atoms with Crippen LogP contribution in [0.25, 0.3) is 0 Å². The Morgan fingerprint density at radius 1 is 1.45 bits per heavy atom. The average Bonchev–Trinajstić information content (AvgIpc) is 2.75. The van der Waals surface area contributed by atoms with Crippen molar-refractivity contribution in [2.24, 2.45) is 29.6 Å². The second kappa shape index (κ2) is 4.72. The van der Waals surface area contributed by atoms with Gasteiger partial charge in [0.25, 0.3) is 0 Å². The van der Waals surface area contributed by atoms with Gasteiger partial charge in [-0.15, -0.1) is 0 Å². The molecule has 2 bridgehead atoms. The molecule has 20 heavy (non-hydrogen) atoms. The highest BCUT2D eigenvalue weighted by Crippen LogP contribution is 2.72. The van der Waals surface area contributed by atoms with Crippen molar-refractivity contribution in [3.05, 3.63) is 16.9 Å². The Kier molecular flexibility index (Phi) is 3.09. The summed E-state index contributed by atoms with van der Waals surface area (Å²) < 4.78 is 6.91. The lowest BCUT2D eigenvalue weighted by Gasteiger charge is -2.17. The first kappa shape index (κ1) is 13.1. The third-order valence-electron chi connectivity index (χ3n) is 5.78. The quantitative estimate of drug-likeness (QED) is 0.908. The number of methoxy groups -OCH3 is 1. The van der Waals surface area contributed by atoms with Crippen molar-refractivity contribution >= 4 is 11.6 Å². The molecule has 1 heterocycles. The lowest BCUT2D eigenvalue weighted by atomic mass is 9.97. The van der Waals surface area contributed by atoms with E-state index in [4.69, 9.17) is 16.3 Å². The molecular formula is C15H21ClN2O2. The molecule has 4 nitrogen and oxygen atoms in total. The van der Waals surface area contributed by atoms with Gasteiger partial charge in [-0.3, -0.25) is 4.68 Å². The van der Waals surface area contributed by atoms with Crippen molar-refractivity contribution in [1.29, 1.82) is 0 Å². The fourth-order valence-electron chi connectivity index (χ4n) is 5.02. The van der Waals surface area contributed by atoms with Gasteiger partial charge < -0.3 is 9.84 Å². The Balaban J connectivity index is 1.55. The van der Waals surface area contributed by atoms with Crippen LogP contribution in [0.4, 0.5) is 0 Å². The minimum atomic E-state index is -0.458. The molecule has 1 aromatic rings. The van der Waals surface area contributed by atoms with E-state index in [1.165, 1.54) is 19.3 Å². The van der Waals surface area contributed by atoms with E-state index in [0.717, 1.165) is 29.4 Å². The molecule has 3 aliphatic carbocycles. The Labute approximate surface area is 124 Å². The Hall–Kier alpha value is -0.580. The first-order chi connectivity index (χ1) is 9.72. The van der Waals surface area contributed by atoms with Crippen LogP contribution < -0.4 is 0 Å². The maximum atomic E-state index is 10.8. The van der Waals surface area contributed by atoms with Crippen LogP contribution in [0.15, 0.2) is 6.20 Å². The van der Waals surface area contributed by atoms with E-state index in [1.807, 2.05) is 4.68 Å². The molecule has 0 aromatic carbocycles. The van der Waals surface area contributed by atoms with Crippen LogP contribution in [0.5, 0.6) is 0 Å². The van der Waals surface area contributed by atoms with Gasteiger partial charge in [0.1, 0.15) is 6.10 Å². The number of hydrogen-bond acceptors (Lipinski definition) is 3. The van der Waals surface area contributed by atoms with Gasteiger partial charge in [-0.05, 0) is 48.9 Å². The van der Waals surface area contributed by atoms with Crippen LogP contribution in [-0.2, 0) is 11.3 Å². The minimum Gasteiger partial charge on any atom is -0.386 e. The average molecular weight is 297 g/mol. The standard InChI is InChI=1S/C15H21ClN2O2/c1-20-5-4-18-14(10(16)7-17-18)15(19)13-11-8-2-3-9(6-8)12(11)13/h7-9,11-13,15,19H,2-6H2,1H3. The number of aliphatic hydroxyl groups is 1. The van der Waals surface area contributed by atoms with Crippen LogP contribution in [0.3, 0.4) is 0 Å². The minimum absolute atomic E-state index is 0.414. The summed E-state index contributed by atoms with van der Waals surface area (Å²) in [4.78, 5) is 0. The molecule has 4 rings (SSSR count). The van der Waals surface area contributed by atoms with Crippen LogP contribution in [0, 0.1) is 29.6 Å². The normalized spacial score (nSPS) is 39.0. The molecule has 1 aromatic heterocycles. The smallest absolute Gasteiger partial charge is 0.101 e. The molecule has 5 atom stereocenters. The third kappa shape index (κ3) is 1.78. The van der Waals surface area contributed by atoms with E-state index in [-0.39, 0.29) is 0 Å². The highest BCUT2D eigenvalue weighted by molar-refractivity contribution is 6.31. The van der Waals surface area contributed by atoms with Crippen LogP contribution in [0.2, 0.25) is 5.02 Å². The topological polar surface area (TPSA) is 47.3 Å². The van der Waals surface area contributed by atoms with Gasteiger partial charge in [-0.1, -0.05) is 11.6 Å². The number of aromatic nitrogens is 2. The van der Waals surface area contributed by atoms with Crippen LogP contribution in [0.1, 0.15) is 31.1 Å². The molecule has 110 valence electrons. The van der Waals surface area contributed by atoms with E-state index in [1.54, 1.807) is 13.3 Å². The highest BCUT2D eigenvalue weighted by Gasteiger charge is 2.67. The van der Waals surface area contributed by atoms with Gasteiger partial charge >= 0.3 is 0 Å². The van der Waals surface area contributed by atoms with Crippen molar-refractivity contribution in [3.8, 4) is 0 Å². The molecule has 0 spiro atoms. The summed E-state index contributed by atoms with van der Waals surface area (Å²) in [6.45, 7) is 1.23. The van der Waals surface area contributed by atoms with Gasteiger partial charge in [0.2, 0.25) is 0 Å². The van der Waals surface area contributed by atoms with E-state index in [9.17, 15) is 5.11 Å². The predicted octanol–water partition coefficient (Wildman–Crippen LogP) is 2.51. The van der Waals surface area contributed by atoms with Gasteiger partial charge in [-0.2, -0.15) is 5.10 Å². The lowest BCUT2D eigenvalue weighted by Crippen LogP contribution is -2.16. The lowest BCUT2D eigenvalue weighted by molar-refractivity contribution is 0.115. The molecule has 3 aliphatic rings. The van der Waals surface area contributed by atoms with Crippen molar-refractivity contribution in [2.75, 3.05) is 13.7 Å². The summed E-state index contributed by atoms with van der Waals surface area (Å²) >= 11 is 6.25. The summed E-state index contributed by atoms with van der Waals surface area (Å²) in [6, 6.07) is 0. The number of nitrogens with zero attached hydrogens (tertiary/aromatic N) is 2. The first-order valence-corrected chi connectivity index (χ1v) is 7.98. The Morgan fingerprint density at radius 3 is 2.80 bits per heavy atom. The number of hydrogen-bond donors (Lipinski definition) is 1. The molecule has 0 amide bonds. The zero-order valence-corrected chi connectivity index (χ0v) is 12.5. The number of rotatable bonds is 5. The van der Waals surface area contributed by atoms with Crippen LogP contribution >= 0.6 is 11.6 Å². The number of aliphatic hydroxyl groups excluding tert-OH is 1. The molecule has 0 aliphatic heterocycles. The maximum absolute atomic E-state index is 10.8. The largest absolute Gasteiger partial charge is 0.386 e. The molecule has 1 N–H and O–H groups in total. The molecule has 3 saturated carbocycles. The molecule has 0 radical (unpaired) electrons. The monoisotopic (exact) mass is 296 g/mol. The fourth-order valence-corrected chi connectivity index (χ4v) is 5.27. The van der Waals surface area contributed by atoms with E-state index in [2.05, 4.69) is 5.10 Å². The Bertz CT molecular complexity index is 502. The van der Waals surface area contributed by atoms with E-state index >= 15 is 0 Å². The van der Waals surface area contributed by atoms with Gasteiger partial charge in [0.05, 0.1) is 30.1 Å². The van der Waals surface area contributed by atoms with Crippen molar-refractivity contribution in [1.82, 2.24) is 9.78 Å². The fraction of sp³-hybridized carbons (Fsp3) is 0.800. The predicted molar refractivity (Wildman–Crippen MR) is 75.4 cm³/mol. The van der Waals surface area contributed by atoms with Gasteiger partial charge in [0, 0.05) is 7.11 Å². The van der Waals surface area contributed by atoms with E-state index < -0.39 is 6.10 Å². The maximum Gasteiger partial charge on any atom is 0.101 e. The van der Waals surface area contributed by atoms with Gasteiger partial charge in [0.15, 0.2) is 0 Å². The molecule has 0 saturated heterocycles. The number of fused-ring (bicyclic) bond motifs is 5. The summed E-state index contributed by atoms with van der Waals surface area (Å²) in [6.07, 6.45) is 5.31. The molecule has 5 heteroatoms. The summed E-state index contributed by atoms with van der Waals surface area (Å²) in [5, 5.41) is 15.7. The summed E-state index contributed by atoms with van der Waals surface area (Å²) in [7, 11) is 1.67. The number of halogens is 1. The van der Waals surface area contributed by atoms with Crippen molar-refractivity contribution in [2.45, 2.75) is 31.9 Å². The Morgan fingerprint density at radius 2 is 2.15 bits per heavy atom. The zero-order chi connectivity index (χ0) is 13.9. The second-order valence-electron chi connectivity index (χ2n) is 6.60. The zero-order valence-electron chi connectivity index (χ0n) is 11.7. The van der Waals surface area contributed by atoms with Crippen molar-refractivity contribution < 1.29 is 9.84 Å².